The molecule has 0 bridgehead atoms. The molecule has 3 aliphatic heterocycles. The molecule has 27 heavy (non-hydrogen) atoms. The third kappa shape index (κ3) is 2.37. The van der Waals surface area contributed by atoms with Gasteiger partial charge in [-0.1, -0.05) is 11.6 Å². The molecule has 2 fully saturated rings. The average molecular weight is 394 g/mol. The lowest BCUT2D eigenvalue weighted by molar-refractivity contribution is -0.143. The number of ether oxygens (including phenoxy) is 1. The van der Waals surface area contributed by atoms with Crippen LogP contribution in [0, 0.1) is 11.8 Å². The van der Waals surface area contributed by atoms with Crippen LogP contribution in [0.2, 0.25) is 5.02 Å². The highest BCUT2D eigenvalue weighted by atomic mass is 35.5. The smallest absolute Gasteiger partial charge is 0.250 e. The second kappa shape index (κ2) is 6.27. The van der Waals surface area contributed by atoms with E-state index in [2.05, 4.69) is 10.6 Å². The quantitative estimate of drug-likeness (QED) is 0.626. The minimum Gasteiger partial charge on any atom is -0.392 e. The van der Waals surface area contributed by atoms with E-state index in [-0.39, 0.29) is 13.2 Å². The molecular weight excluding hydrogens is 374 g/mol. The number of hydrogen-bond donors (Lipinski definition) is 3. The molecule has 5 atom stereocenters. The molecule has 0 aliphatic carbocycles. The average Bonchev–Trinajstić information content (AvgIpc) is 3.20. The second-order valence-electron chi connectivity index (χ2n) is 7.19. The van der Waals surface area contributed by atoms with Gasteiger partial charge >= 0.3 is 0 Å². The van der Waals surface area contributed by atoms with Crippen molar-refractivity contribution in [2.45, 2.75) is 24.6 Å². The van der Waals surface area contributed by atoms with Gasteiger partial charge in [0.05, 0.1) is 31.1 Å². The van der Waals surface area contributed by atoms with Gasteiger partial charge in [-0.25, -0.2) is 0 Å². The van der Waals surface area contributed by atoms with Crippen molar-refractivity contribution in [1.29, 1.82) is 0 Å². The number of benzene rings is 1. The molecule has 144 valence electrons. The van der Waals surface area contributed by atoms with Crippen molar-refractivity contribution in [2.75, 3.05) is 25.6 Å². The Morgan fingerprint density at radius 2 is 2.07 bits per heavy atom. The molecule has 3 aliphatic rings. The van der Waals surface area contributed by atoms with Gasteiger partial charge in [0, 0.05) is 29.4 Å². The van der Waals surface area contributed by atoms with Crippen molar-refractivity contribution in [3.05, 3.63) is 28.8 Å². The lowest BCUT2D eigenvalue weighted by atomic mass is 9.76. The Labute approximate surface area is 160 Å². The zero-order valence-electron chi connectivity index (χ0n) is 14.9. The van der Waals surface area contributed by atoms with Crippen LogP contribution >= 0.6 is 11.6 Å². The maximum Gasteiger partial charge on any atom is 0.250 e. The van der Waals surface area contributed by atoms with Crippen molar-refractivity contribution in [3.8, 4) is 0 Å². The summed E-state index contributed by atoms with van der Waals surface area (Å²) in [5.74, 6) is -3.07. The molecular formula is C18H20ClN3O5. The van der Waals surface area contributed by atoms with Gasteiger partial charge in [-0.3, -0.25) is 24.6 Å². The second-order valence-corrected chi connectivity index (χ2v) is 7.62. The summed E-state index contributed by atoms with van der Waals surface area (Å²) in [4.78, 5) is 40.3. The number of methoxy groups -OCH3 is 1. The fourth-order valence-electron chi connectivity index (χ4n) is 4.58. The lowest BCUT2D eigenvalue weighted by Crippen LogP contribution is -2.55. The Morgan fingerprint density at radius 1 is 1.33 bits per heavy atom. The molecule has 3 N–H and O–H groups in total. The van der Waals surface area contributed by atoms with Crippen molar-refractivity contribution >= 4 is 35.0 Å². The molecule has 0 aromatic heterocycles. The molecule has 8 nitrogen and oxygen atoms in total. The number of amides is 3. The zero-order valence-corrected chi connectivity index (χ0v) is 15.6. The van der Waals surface area contributed by atoms with Gasteiger partial charge in [0.25, 0.3) is 0 Å². The zero-order chi connectivity index (χ0) is 19.5. The maximum atomic E-state index is 13.2. The number of nitrogens with zero attached hydrogens (tertiary/aromatic N) is 1. The lowest BCUT2D eigenvalue weighted by Gasteiger charge is -2.30. The van der Waals surface area contributed by atoms with Gasteiger partial charge in [0.15, 0.2) is 0 Å². The number of anilines is 1. The van der Waals surface area contributed by atoms with Crippen LogP contribution in [0.15, 0.2) is 18.2 Å². The first-order valence-electron chi connectivity index (χ1n) is 8.74. The first kappa shape index (κ1) is 18.4. The highest BCUT2D eigenvalue weighted by Crippen LogP contribution is 2.53. The van der Waals surface area contributed by atoms with Crippen molar-refractivity contribution < 1.29 is 24.2 Å². The molecule has 1 aromatic carbocycles. The molecule has 3 unspecified atom stereocenters. The van der Waals surface area contributed by atoms with Crippen LogP contribution in [0.25, 0.3) is 0 Å². The van der Waals surface area contributed by atoms with E-state index in [0.29, 0.717) is 16.3 Å². The van der Waals surface area contributed by atoms with Gasteiger partial charge in [-0.05, 0) is 25.1 Å². The Bertz CT molecular complexity index is 844. The summed E-state index contributed by atoms with van der Waals surface area (Å²) in [6, 6.07) is 4.19. The summed E-state index contributed by atoms with van der Waals surface area (Å²) in [6.07, 6.45) is -0.938. The fraction of sp³-hybridized carbons (Fsp3) is 0.500. The van der Waals surface area contributed by atoms with E-state index in [1.165, 1.54) is 14.0 Å². The van der Waals surface area contributed by atoms with Crippen molar-refractivity contribution in [3.63, 3.8) is 0 Å². The highest BCUT2D eigenvalue weighted by Gasteiger charge is 2.71. The number of nitrogens with one attached hydrogen (secondary N) is 2. The molecule has 0 radical (unpaired) electrons. The Morgan fingerprint density at radius 3 is 2.74 bits per heavy atom. The Hall–Kier alpha value is -2.00. The highest BCUT2D eigenvalue weighted by molar-refractivity contribution is 6.31. The number of fused-ring (bicyclic) bond motifs is 4. The van der Waals surface area contributed by atoms with Crippen LogP contribution in [-0.2, 0) is 24.7 Å². The predicted molar refractivity (Wildman–Crippen MR) is 95.9 cm³/mol. The van der Waals surface area contributed by atoms with E-state index < -0.39 is 47.2 Å². The number of carbonyl (C=O) groups excluding carboxylic acids is 3. The first-order valence-corrected chi connectivity index (χ1v) is 9.12. The molecule has 9 heteroatoms. The molecule has 1 spiro atoms. The van der Waals surface area contributed by atoms with Crippen LogP contribution in [0.3, 0.4) is 0 Å². The number of aliphatic hydroxyl groups excluding tert-OH is 1. The van der Waals surface area contributed by atoms with E-state index in [1.54, 1.807) is 18.2 Å². The molecule has 2 saturated heterocycles. The SMILES string of the molecule is COCCN1C(=O)[C@@H]2C(C(C)O)NC3(C(=O)Nc4ccc(Cl)cc43)[C@@H]2C1=O. The number of aliphatic hydroxyl groups is 1. The number of rotatable bonds is 4. The summed E-state index contributed by atoms with van der Waals surface area (Å²) in [5, 5.41) is 16.6. The van der Waals surface area contributed by atoms with E-state index >= 15 is 0 Å². The summed E-state index contributed by atoms with van der Waals surface area (Å²) in [5.41, 5.74) is -0.383. The molecule has 3 heterocycles. The van der Waals surface area contributed by atoms with Crippen LogP contribution in [0.5, 0.6) is 0 Å². The summed E-state index contributed by atoms with van der Waals surface area (Å²) >= 11 is 6.14. The maximum absolute atomic E-state index is 13.2. The fourth-order valence-corrected chi connectivity index (χ4v) is 4.75. The van der Waals surface area contributed by atoms with Gasteiger partial charge in [-0.15, -0.1) is 0 Å². The Balaban J connectivity index is 1.86. The largest absolute Gasteiger partial charge is 0.392 e. The third-order valence-electron chi connectivity index (χ3n) is 5.74. The van der Waals surface area contributed by atoms with E-state index in [9.17, 15) is 19.5 Å². The number of carbonyl (C=O) groups is 3. The number of halogens is 1. The van der Waals surface area contributed by atoms with Crippen LogP contribution < -0.4 is 10.6 Å². The predicted octanol–water partition coefficient (Wildman–Crippen LogP) is 0.0876. The monoisotopic (exact) mass is 393 g/mol. The van der Waals surface area contributed by atoms with E-state index in [4.69, 9.17) is 16.3 Å². The van der Waals surface area contributed by atoms with Gasteiger partial charge in [-0.2, -0.15) is 0 Å². The van der Waals surface area contributed by atoms with E-state index in [0.717, 1.165) is 4.90 Å². The molecule has 4 rings (SSSR count). The first-order chi connectivity index (χ1) is 12.8. The summed E-state index contributed by atoms with van der Waals surface area (Å²) in [7, 11) is 1.48. The summed E-state index contributed by atoms with van der Waals surface area (Å²) < 4.78 is 5.00. The van der Waals surface area contributed by atoms with Crippen molar-refractivity contribution in [1.82, 2.24) is 10.2 Å². The molecule has 3 amide bonds. The van der Waals surface area contributed by atoms with Gasteiger partial charge in [0.1, 0.15) is 5.54 Å². The van der Waals surface area contributed by atoms with Crippen molar-refractivity contribution in [2.24, 2.45) is 11.8 Å². The number of likely N-dealkylation sites (tertiary alicyclic amines) is 1. The van der Waals surface area contributed by atoms with Crippen LogP contribution in [0.1, 0.15) is 12.5 Å². The normalized spacial score (nSPS) is 32.8. The minimum atomic E-state index is -1.44. The Kier molecular flexibility index (Phi) is 4.27. The number of hydrogen-bond acceptors (Lipinski definition) is 6. The standard InChI is InChI=1S/C18H20ClN3O5/c1-8(23)14-12-13(16(25)22(15(12)24)5-6-27-2)18(21-14)10-7-9(19)3-4-11(10)20-17(18)26/h3-4,7-8,12-14,21,23H,5-6H2,1-2H3,(H,20,26)/t8?,12-,13-,14?,18?/m0/s1. The van der Waals surface area contributed by atoms with Gasteiger partial charge < -0.3 is 15.2 Å². The topological polar surface area (TPSA) is 108 Å². The van der Waals surface area contributed by atoms with E-state index in [1.807, 2.05) is 0 Å². The van der Waals surface area contributed by atoms with Gasteiger partial charge in [0.2, 0.25) is 17.7 Å². The molecule has 1 aromatic rings. The minimum absolute atomic E-state index is 0.105. The summed E-state index contributed by atoms with van der Waals surface area (Å²) in [6.45, 7) is 1.84. The third-order valence-corrected chi connectivity index (χ3v) is 5.98. The number of imide groups is 1. The molecule has 0 saturated carbocycles. The van der Waals surface area contributed by atoms with Crippen LogP contribution in [-0.4, -0.2) is 60.1 Å². The van der Waals surface area contributed by atoms with Crippen LogP contribution in [0.4, 0.5) is 5.69 Å².